The van der Waals surface area contributed by atoms with E-state index in [1.807, 2.05) is 56.3 Å². The molecule has 0 saturated heterocycles. The molecule has 6 heteroatoms. The Morgan fingerprint density at radius 2 is 1.93 bits per heavy atom. The van der Waals surface area contributed by atoms with E-state index >= 15 is 0 Å². The normalized spacial score (nSPS) is 11.0. The van der Waals surface area contributed by atoms with E-state index in [1.54, 1.807) is 20.2 Å². The molecule has 0 atom stereocenters. The van der Waals surface area contributed by atoms with E-state index in [1.165, 1.54) is 11.0 Å². The van der Waals surface area contributed by atoms with Gasteiger partial charge in [0.2, 0.25) is 11.8 Å². The molecule has 3 rings (SSSR count). The van der Waals surface area contributed by atoms with Crippen LogP contribution in [0.5, 0.6) is 5.75 Å². The Morgan fingerprint density at radius 1 is 1.17 bits per heavy atom. The van der Waals surface area contributed by atoms with Crippen molar-refractivity contribution >= 4 is 34.5 Å². The van der Waals surface area contributed by atoms with Crippen LogP contribution in [0.25, 0.3) is 17.0 Å². The Labute approximate surface area is 169 Å². The van der Waals surface area contributed by atoms with Gasteiger partial charge in [0.25, 0.3) is 0 Å². The molecule has 0 bridgehead atoms. The molecule has 0 aliphatic carbocycles. The number of likely N-dealkylation sites (N-methyl/N-ethyl adjacent to an activating group) is 1. The average molecular weight is 392 g/mol. The van der Waals surface area contributed by atoms with Crippen molar-refractivity contribution in [3.05, 3.63) is 65.4 Å². The first-order valence-corrected chi connectivity index (χ1v) is 9.25. The summed E-state index contributed by atoms with van der Waals surface area (Å²) in [4.78, 5) is 26.0. The molecule has 29 heavy (non-hydrogen) atoms. The van der Waals surface area contributed by atoms with Gasteiger partial charge in [-0.25, -0.2) is 0 Å². The first kappa shape index (κ1) is 20.2. The van der Waals surface area contributed by atoms with Crippen LogP contribution in [0.4, 0.5) is 5.69 Å². The number of ether oxygens (including phenoxy) is 1. The number of aryl methyl sites for hydroxylation is 1. The average Bonchev–Trinajstić information content (AvgIpc) is 3.12. The monoisotopic (exact) mass is 392 g/mol. The Balaban J connectivity index is 1.63. The van der Waals surface area contributed by atoms with Crippen molar-refractivity contribution in [1.29, 1.82) is 0 Å². The number of benzene rings is 2. The van der Waals surface area contributed by atoms with E-state index in [0.29, 0.717) is 17.1 Å². The number of anilines is 1. The van der Waals surface area contributed by atoms with Gasteiger partial charge in [-0.15, -0.1) is 0 Å². The Morgan fingerprint density at radius 3 is 2.69 bits per heavy atom. The van der Waals surface area contributed by atoms with Gasteiger partial charge in [-0.3, -0.25) is 9.59 Å². The van der Waals surface area contributed by atoms with E-state index < -0.39 is 0 Å². The molecule has 0 saturated carbocycles. The molecule has 0 aliphatic heterocycles. The zero-order chi connectivity index (χ0) is 21.0. The second-order valence-corrected chi connectivity index (χ2v) is 6.85. The number of furan rings is 1. The summed E-state index contributed by atoms with van der Waals surface area (Å²) in [6.45, 7) is 3.88. The number of fused-ring (bicyclic) bond motifs is 1. The van der Waals surface area contributed by atoms with Crippen molar-refractivity contribution < 1.29 is 18.7 Å². The van der Waals surface area contributed by atoms with Gasteiger partial charge in [0.1, 0.15) is 5.76 Å². The lowest BCUT2D eigenvalue weighted by Crippen LogP contribution is -2.34. The highest BCUT2D eigenvalue weighted by molar-refractivity contribution is 5.98. The van der Waals surface area contributed by atoms with E-state index in [9.17, 15) is 9.59 Å². The number of hydrogen-bond donors (Lipinski definition) is 1. The fourth-order valence-electron chi connectivity index (χ4n) is 2.95. The summed E-state index contributed by atoms with van der Waals surface area (Å²) in [7, 11) is 3.16. The second-order valence-electron chi connectivity index (χ2n) is 6.85. The standard InChI is InChI=1S/C23H24N2O4/c1-15-7-5-9-19(16(15)2)24-21(26)14-25(3)22(27)12-11-18-13-17-8-6-10-20(28-4)23(17)29-18/h5-13H,14H2,1-4H3,(H,24,26). The minimum atomic E-state index is -0.298. The summed E-state index contributed by atoms with van der Waals surface area (Å²) in [5, 5.41) is 3.74. The number of para-hydroxylation sites is 1. The summed E-state index contributed by atoms with van der Waals surface area (Å²) in [5.74, 6) is 0.616. The molecule has 6 nitrogen and oxygen atoms in total. The Hall–Kier alpha value is -3.54. The number of hydrogen-bond acceptors (Lipinski definition) is 4. The highest BCUT2D eigenvalue weighted by atomic mass is 16.5. The van der Waals surface area contributed by atoms with Crippen molar-refractivity contribution in [2.75, 3.05) is 26.0 Å². The lowest BCUT2D eigenvalue weighted by atomic mass is 10.1. The van der Waals surface area contributed by atoms with Crippen molar-refractivity contribution in [3.63, 3.8) is 0 Å². The molecule has 0 unspecified atom stereocenters. The van der Waals surface area contributed by atoms with Crippen molar-refractivity contribution in [2.45, 2.75) is 13.8 Å². The number of carbonyl (C=O) groups is 2. The maximum Gasteiger partial charge on any atom is 0.246 e. The zero-order valence-corrected chi connectivity index (χ0v) is 17.0. The van der Waals surface area contributed by atoms with Crippen molar-refractivity contribution in [1.82, 2.24) is 4.90 Å². The number of methoxy groups -OCH3 is 1. The largest absolute Gasteiger partial charge is 0.493 e. The smallest absolute Gasteiger partial charge is 0.246 e. The van der Waals surface area contributed by atoms with Crippen LogP contribution in [0, 0.1) is 13.8 Å². The summed E-state index contributed by atoms with van der Waals surface area (Å²) in [5.41, 5.74) is 3.48. The van der Waals surface area contributed by atoms with E-state index in [4.69, 9.17) is 9.15 Å². The molecule has 3 aromatic rings. The quantitative estimate of drug-likeness (QED) is 0.639. The topological polar surface area (TPSA) is 71.8 Å². The number of amides is 2. The molecular formula is C23H24N2O4. The SMILES string of the molecule is COc1cccc2cc(C=CC(=O)N(C)CC(=O)Nc3cccc(C)c3C)oc12. The third-order valence-corrected chi connectivity index (χ3v) is 4.77. The molecule has 150 valence electrons. The summed E-state index contributed by atoms with van der Waals surface area (Å²) < 4.78 is 11.0. The number of rotatable bonds is 6. The van der Waals surface area contributed by atoms with Crippen LogP contribution in [-0.2, 0) is 9.59 Å². The van der Waals surface area contributed by atoms with Crippen molar-refractivity contribution in [2.24, 2.45) is 0 Å². The third-order valence-electron chi connectivity index (χ3n) is 4.77. The maximum absolute atomic E-state index is 12.4. The molecule has 0 fully saturated rings. The van der Waals surface area contributed by atoms with Gasteiger partial charge in [-0.05, 0) is 49.2 Å². The van der Waals surface area contributed by atoms with Gasteiger partial charge < -0.3 is 19.4 Å². The van der Waals surface area contributed by atoms with Crippen molar-refractivity contribution in [3.8, 4) is 5.75 Å². The van der Waals surface area contributed by atoms with E-state index in [2.05, 4.69) is 5.32 Å². The zero-order valence-electron chi connectivity index (χ0n) is 17.0. The van der Waals surface area contributed by atoms with E-state index in [-0.39, 0.29) is 18.4 Å². The molecule has 1 heterocycles. The van der Waals surface area contributed by atoms with Crippen LogP contribution in [0.15, 0.2) is 53.0 Å². The van der Waals surface area contributed by atoms with Crippen LogP contribution in [0.1, 0.15) is 16.9 Å². The van der Waals surface area contributed by atoms with Gasteiger partial charge >= 0.3 is 0 Å². The van der Waals surface area contributed by atoms with Gasteiger partial charge in [0.05, 0.1) is 13.7 Å². The molecule has 0 spiro atoms. The summed E-state index contributed by atoms with van der Waals surface area (Å²) in [6, 6.07) is 13.1. The lowest BCUT2D eigenvalue weighted by molar-refractivity contribution is -0.129. The van der Waals surface area contributed by atoms with Crippen LogP contribution in [0.3, 0.4) is 0 Å². The predicted octanol–water partition coefficient (Wildman–Crippen LogP) is 4.17. The van der Waals surface area contributed by atoms with Gasteiger partial charge in [-0.2, -0.15) is 0 Å². The van der Waals surface area contributed by atoms with Crippen LogP contribution in [0.2, 0.25) is 0 Å². The van der Waals surface area contributed by atoms with Gasteiger partial charge in [-0.1, -0.05) is 24.3 Å². The molecule has 1 N–H and O–H groups in total. The lowest BCUT2D eigenvalue weighted by Gasteiger charge is -2.16. The van der Waals surface area contributed by atoms with E-state index in [0.717, 1.165) is 22.2 Å². The molecule has 2 amide bonds. The predicted molar refractivity (Wildman–Crippen MR) is 114 cm³/mol. The highest BCUT2D eigenvalue weighted by Gasteiger charge is 2.13. The first-order chi connectivity index (χ1) is 13.9. The highest BCUT2D eigenvalue weighted by Crippen LogP contribution is 2.28. The summed E-state index contributed by atoms with van der Waals surface area (Å²) in [6.07, 6.45) is 2.97. The number of nitrogens with one attached hydrogen (secondary N) is 1. The van der Waals surface area contributed by atoms with Crippen LogP contribution < -0.4 is 10.1 Å². The molecule has 1 aromatic heterocycles. The molecular weight excluding hydrogens is 368 g/mol. The van der Waals surface area contributed by atoms with Crippen LogP contribution in [-0.4, -0.2) is 37.4 Å². The fraction of sp³-hybridized carbons (Fsp3) is 0.217. The van der Waals surface area contributed by atoms with Gasteiger partial charge in [0, 0.05) is 24.2 Å². The molecule has 0 radical (unpaired) electrons. The maximum atomic E-state index is 12.4. The number of nitrogens with zero attached hydrogens (tertiary/aromatic N) is 1. The first-order valence-electron chi connectivity index (χ1n) is 9.25. The second kappa shape index (κ2) is 8.65. The molecule has 2 aromatic carbocycles. The Bertz CT molecular complexity index is 1080. The molecule has 0 aliphatic rings. The van der Waals surface area contributed by atoms with Crippen LogP contribution >= 0.6 is 0 Å². The fourth-order valence-corrected chi connectivity index (χ4v) is 2.95. The summed E-state index contributed by atoms with van der Waals surface area (Å²) >= 11 is 0. The number of carbonyl (C=O) groups excluding carboxylic acids is 2. The Kier molecular flexibility index (Phi) is 6.02. The van der Waals surface area contributed by atoms with Gasteiger partial charge in [0.15, 0.2) is 11.3 Å². The minimum absolute atomic E-state index is 0.0511. The minimum Gasteiger partial charge on any atom is -0.493 e. The third kappa shape index (κ3) is 4.66.